The minimum absolute atomic E-state index is 0.603. The summed E-state index contributed by atoms with van der Waals surface area (Å²) in [5.74, 6) is 0.164. The zero-order chi connectivity index (χ0) is 15.0. The third-order valence-electron chi connectivity index (χ3n) is 3.45. The number of benzene rings is 1. The standard InChI is InChI=1S/C14H21NO.C2H4O2/c1-3-12-6-8-14(9-7-12)16-11-13-5-4-10-15(13)2;1-2(3)4/h6-9,13H,3-5,10-11H2,1-2H3;1H3,(H,3,4). The summed E-state index contributed by atoms with van der Waals surface area (Å²) in [6.07, 6.45) is 3.66. The number of hydrogen-bond acceptors (Lipinski definition) is 3. The number of likely N-dealkylation sites (N-methyl/N-ethyl adjacent to an activating group) is 1. The third-order valence-corrected chi connectivity index (χ3v) is 3.45. The molecule has 0 aliphatic carbocycles. The highest BCUT2D eigenvalue weighted by molar-refractivity contribution is 5.62. The topological polar surface area (TPSA) is 49.8 Å². The van der Waals surface area contributed by atoms with Crippen molar-refractivity contribution < 1.29 is 14.6 Å². The Balaban J connectivity index is 0.000000444. The van der Waals surface area contributed by atoms with Gasteiger partial charge in [-0.3, -0.25) is 4.79 Å². The fraction of sp³-hybridized carbons (Fsp3) is 0.562. The summed E-state index contributed by atoms with van der Waals surface area (Å²) >= 11 is 0. The Hall–Kier alpha value is -1.55. The van der Waals surface area contributed by atoms with E-state index in [9.17, 15) is 0 Å². The number of likely N-dealkylation sites (tertiary alicyclic amines) is 1. The monoisotopic (exact) mass is 279 g/mol. The van der Waals surface area contributed by atoms with Gasteiger partial charge in [-0.05, 0) is 50.6 Å². The molecule has 1 aliphatic heterocycles. The first kappa shape index (κ1) is 16.5. The number of carboxylic acid groups (broad SMARTS) is 1. The Kier molecular flexibility index (Phi) is 7.09. The Morgan fingerprint density at radius 2 is 2.00 bits per heavy atom. The maximum Gasteiger partial charge on any atom is 0.300 e. The smallest absolute Gasteiger partial charge is 0.300 e. The fourth-order valence-corrected chi connectivity index (χ4v) is 2.20. The maximum absolute atomic E-state index is 9.00. The van der Waals surface area contributed by atoms with Crippen molar-refractivity contribution in [2.45, 2.75) is 39.2 Å². The van der Waals surface area contributed by atoms with Gasteiger partial charge in [-0.2, -0.15) is 0 Å². The highest BCUT2D eigenvalue weighted by Gasteiger charge is 2.21. The van der Waals surface area contributed by atoms with Crippen LogP contribution in [0.4, 0.5) is 0 Å². The first-order chi connectivity index (χ1) is 9.52. The molecule has 0 radical (unpaired) electrons. The molecule has 1 heterocycles. The number of ether oxygens (including phenoxy) is 1. The van der Waals surface area contributed by atoms with Crippen molar-refractivity contribution in [1.82, 2.24) is 4.90 Å². The predicted octanol–water partition coefficient (Wildman–Crippen LogP) is 2.81. The van der Waals surface area contributed by atoms with E-state index in [4.69, 9.17) is 14.6 Å². The lowest BCUT2D eigenvalue weighted by Gasteiger charge is -2.19. The number of carboxylic acids is 1. The van der Waals surface area contributed by atoms with Gasteiger partial charge in [0.1, 0.15) is 12.4 Å². The highest BCUT2D eigenvalue weighted by atomic mass is 16.5. The Morgan fingerprint density at radius 3 is 2.45 bits per heavy atom. The molecule has 1 fully saturated rings. The van der Waals surface area contributed by atoms with Gasteiger partial charge in [0.25, 0.3) is 5.97 Å². The van der Waals surface area contributed by atoms with Gasteiger partial charge in [-0.15, -0.1) is 0 Å². The molecule has 20 heavy (non-hydrogen) atoms. The number of rotatable bonds is 4. The molecule has 1 unspecified atom stereocenters. The molecule has 1 aromatic carbocycles. The molecular weight excluding hydrogens is 254 g/mol. The Morgan fingerprint density at radius 1 is 1.40 bits per heavy atom. The van der Waals surface area contributed by atoms with E-state index in [1.165, 1.54) is 24.9 Å². The van der Waals surface area contributed by atoms with E-state index >= 15 is 0 Å². The molecule has 0 bridgehead atoms. The second-order valence-corrected chi connectivity index (χ2v) is 5.10. The van der Waals surface area contributed by atoms with E-state index in [1.807, 2.05) is 0 Å². The molecule has 1 aliphatic rings. The van der Waals surface area contributed by atoms with Crippen LogP contribution in [0.25, 0.3) is 0 Å². The van der Waals surface area contributed by atoms with E-state index in [0.29, 0.717) is 6.04 Å². The van der Waals surface area contributed by atoms with Gasteiger partial charge in [0, 0.05) is 13.0 Å². The number of nitrogens with zero attached hydrogens (tertiary/aromatic N) is 1. The van der Waals surface area contributed by atoms with Crippen LogP contribution >= 0.6 is 0 Å². The summed E-state index contributed by atoms with van der Waals surface area (Å²) < 4.78 is 5.82. The lowest BCUT2D eigenvalue weighted by molar-refractivity contribution is -0.134. The predicted molar refractivity (Wildman–Crippen MR) is 80.3 cm³/mol. The molecule has 0 saturated carbocycles. The van der Waals surface area contributed by atoms with Crippen LogP contribution in [-0.4, -0.2) is 42.2 Å². The third kappa shape index (κ3) is 6.06. The SMILES string of the molecule is CC(=O)O.CCc1ccc(OCC2CCCN2C)cc1. The van der Waals surface area contributed by atoms with Crippen LogP contribution < -0.4 is 4.74 Å². The van der Waals surface area contributed by atoms with Crippen LogP contribution in [0.3, 0.4) is 0 Å². The van der Waals surface area contributed by atoms with E-state index in [-0.39, 0.29) is 0 Å². The minimum Gasteiger partial charge on any atom is -0.492 e. The average Bonchev–Trinajstić information content (AvgIpc) is 2.82. The second-order valence-electron chi connectivity index (χ2n) is 5.10. The lowest BCUT2D eigenvalue weighted by atomic mass is 10.2. The summed E-state index contributed by atoms with van der Waals surface area (Å²) in [6, 6.07) is 9.05. The summed E-state index contributed by atoms with van der Waals surface area (Å²) in [5.41, 5.74) is 1.37. The molecule has 112 valence electrons. The van der Waals surface area contributed by atoms with Gasteiger partial charge in [-0.25, -0.2) is 0 Å². The van der Waals surface area contributed by atoms with Gasteiger partial charge in [-0.1, -0.05) is 19.1 Å². The molecule has 0 amide bonds. The second kappa shape index (κ2) is 8.59. The first-order valence-electron chi connectivity index (χ1n) is 7.14. The average molecular weight is 279 g/mol. The summed E-state index contributed by atoms with van der Waals surface area (Å²) in [5, 5.41) is 7.42. The van der Waals surface area contributed by atoms with Crippen LogP contribution in [0.2, 0.25) is 0 Å². The Labute approximate surface area is 121 Å². The van der Waals surface area contributed by atoms with E-state index < -0.39 is 5.97 Å². The Bertz CT molecular complexity index is 399. The molecule has 0 spiro atoms. The molecule has 4 nitrogen and oxygen atoms in total. The van der Waals surface area contributed by atoms with Gasteiger partial charge in [0.15, 0.2) is 0 Å². The van der Waals surface area contributed by atoms with Crippen LogP contribution in [0.1, 0.15) is 32.3 Å². The molecule has 1 aromatic rings. The van der Waals surface area contributed by atoms with Crippen molar-refractivity contribution in [2.24, 2.45) is 0 Å². The molecule has 1 saturated heterocycles. The molecule has 1 N–H and O–H groups in total. The van der Waals surface area contributed by atoms with Crippen LogP contribution in [0.15, 0.2) is 24.3 Å². The molecular formula is C16H25NO3. The number of aliphatic carboxylic acids is 1. The van der Waals surface area contributed by atoms with Crippen molar-refractivity contribution in [3.8, 4) is 5.75 Å². The quantitative estimate of drug-likeness (QED) is 0.920. The molecule has 0 aromatic heterocycles. The van der Waals surface area contributed by atoms with Crippen molar-refractivity contribution in [2.75, 3.05) is 20.2 Å². The van der Waals surface area contributed by atoms with Crippen LogP contribution in [0.5, 0.6) is 5.75 Å². The zero-order valence-electron chi connectivity index (χ0n) is 12.6. The lowest BCUT2D eigenvalue weighted by Crippen LogP contribution is -2.30. The van der Waals surface area contributed by atoms with E-state index in [0.717, 1.165) is 25.7 Å². The zero-order valence-corrected chi connectivity index (χ0v) is 12.6. The number of aryl methyl sites for hydroxylation is 1. The van der Waals surface area contributed by atoms with Gasteiger partial charge in [0.05, 0.1) is 0 Å². The first-order valence-corrected chi connectivity index (χ1v) is 7.14. The van der Waals surface area contributed by atoms with Crippen molar-refractivity contribution >= 4 is 5.97 Å². The summed E-state index contributed by atoms with van der Waals surface area (Å²) in [7, 11) is 2.18. The van der Waals surface area contributed by atoms with Crippen molar-refractivity contribution in [3.05, 3.63) is 29.8 Å². The fourth-order valence-electron chi connectivity index (χ4n) is 2.20. The van der Waals surface area contributed by atoms with E-state index in [2.05, 4.69) is 43.1 Å². The summed E-state index contributed by atoms with van der Waals surface area (Å²) in [4.78, 5) is 11.4. The van der Waals surface area contributed by atoms with E-state index in [1.54, 1.807) is 0 Å². The van der Waals surface area contributed by atoms with Gasteiger partial charge in [0.2, 0.25) is 0 Å². The number of carbonyl (C=O) groups is 1. The largest absolute Gasteiger partial charge is 0.492 e. The van der Waals surface area contributed by atoms with Crippen LogP contribution in [-0.2, 0) is 11.2 Å². The normalized spacial score (nSPS) is 18.2. The van der Waals surface area contributed by atoms with Crippen molar-refractivity contribution in [1.29, 1.82) is 0 Å². The van der Waals surface area contributed by atoms with Gasteiger partial charge >= 0.3 is 0 Å². The number of hydrogen-bond donors (Lipinski definition) is 1. The van der Waals surface area contributed by atoms with Gasteiger partial charge < -0.3 is 14.7 Å². The minimum atomic E-state index is -0.833. The molecule has 4 heteroatoms. The summed E-state index contributed by atoms with van der Waals surface area (Å²) in [6.45, 7) is 5.29. The van der Waals surface area contributed by atoms with Crippen LogP contribution in [0, 0.1) is 0 Å². The van der Waals surface area contributed by atoms with Crippen molar-refractivity contribution in [3.63, 3.8) is 0 Å². The highest BCUT2D eigenvalue weighted by Crippen LogP contribution is 2.18. The molecule has 2 rings (SSSR count). The maximum atomic E-state index is 9.00. The molecule has 1 atom stereocenters.